The van der Waals surface area contributed by atoms with Crippen LogP contribution in [0.3, 0.4) is 0 Å². The highest BCUT2D eigenvalue weighted by Gasteiger charge is 2.43. The van der Waals surface area contributed by atoms with Gasteiger partial charge in [-0.3, -0.25) is 9.59 Å². The topological polar surface area (TPSA) is 133 Å². The molecule has 3 N–H and O–H groups in total. The number of ketones is 1. The Morgan fingerprint density at radius 1 is 1.14 bits per heavy atom. The van der Waals surface area contributed by atoms with E-state index in [0.717, 1.165) is 39.9 Å². The molecular formula is C34H36N4O5. The highest BCUT2D eigenvalue weighted by molar-refractivity contribution is 6.38. The number of nitrogens with one attached hydrogen (secondary N) is 1. The van der Waals surface area contributed by atoms with Crippen molar-refractivity contribution < 1.29 is 24.5 Å². The number of nitrogens with zero attached hydrogens (tertiary/aromatic N) is 3. The highest BCUT2D eigenvalue weighted by Crippen LogP contribution is 2.45. The van der Waals surface area contributed by atoms with Gasteiger partial charge in [-0.2, -0.15) is 0 Å². The molecule has 0 radical (unpaired) electrons. The Hall–Kier alpha value is -4.37. The number of allylic oxidation sites excluding steroid dienone is 11. The quantitative estimate of drug-likeness (QED) is 0.304. The Bertz CT molecular complexity index is 1730. The third kappa shape index (κ3) is 4.54. The third-order valence-electron chi connectivity index (χ3n) is 9.28. The fourth-order valence-electron chi connectivity index (χ4n) is 6.97. The SMILES string of the molecule is CCC1=C2C=C3N=C4C(=C5NC(=CC6=NC(=CC(=N2)/C1=C/O)C([C@H](C)O)=C6C)[C@@H](C)[C@@H]5CCC(=O)OC)CC(=O)C4=C3C. The summed E-state index contributed by atoms with van der Waals surface area (Å²) in [5, 5.41) is 24.7. The predicted molar refractivity (Wildman–Crippen MR) is 165 cm³/mol. The second-order valence-electron chi connectivity index (χ2n) is 11.7. The van der Waals surface area contributed by atoms with E-state index in [1.165, 1.54) is 7.11 Å². The Labute approximate surface area is 250 Å². The van der Waals surface area contributed by atoms with Crippen LogP contribution in [-0.4, -0.2) is 52.3 Å². The first-order valence-electron chi connectivity index (χ1n) is 14.8. The Morgan fingerprint density at radius 2 is 1.91 bits per heavy atom. The van der Waals surface area contributed by atoms with Gasteiger partial charge in [-0.25, -0.2) is 15.0 Å². The molecule has 5 aliphatic heterocycles. The van der Waals surface area contributed by atoms with Crippen LogP contribution in [0.1, 0.15) is 60.3 Å². The number of aliphatic hydroxyl groups is 2. The zero-order valence-corrected chi connectivity index (χ0v) is 25.3. The summed E-state index contributed by atoms with van der Waals surface area (Å²) in [6.45, 7) is 9.67. The molecule has 222 valence electrons. The maximum Gasteiger partial charge on any atom is 0.305 e. The summed E-state index contributed by atoms with van der Waals surface area (Å²) in [7, 11) is 1.39. The summed E-state index contributed by atoms with van der Waals surface area (Å²) < 4.78 is 4.95. The van der Waals surface area contributed by atoms with Crippen LogP contribution in [0, 0.1) is 11.8 Å². The molecule has 6 aliphatic rings. The van der Waals surface area contributed by atoms with Crippen molar-refractivity contribution in [3.63, 3.8) is 0 Å². The molecule has 0 amide bonds. The zero-order chi connectivity index (χ0) is 30.7. The van der Waals surface area contributed by atoms with Gasteiger partial charge in [-0.1, -0.05) is 13.8 Å². The summed E-state index contributed by atoms with van der Waals surface area (Å²) in [6, 6.07) is 0. The number of methoxy groups -OCH3 is 1. The molecule has 5 heterocycles. The smallest absolute Gasteiger partial charge is 0.305 e. The van der Waals surface area contributed by atoms with Crippen molar-refractivity contribution in [1.29, 1.82) is 0 Å². The van der Waals surface area contributed by atoms with Crippen LogP contribution in [-0.2, 0) is 14.3 Å². The van der Waals surface area contributed by atoms with E-state index in [4.69, 9.17) is 19.7 Å². The molecule has 6 rings (SSSR count). The number of hydrogen-bond acceptors (Lipinski definition) is 9. The monoisotopic (exact) mass is 580 g/mol. The van der Waals surface area contributed by atoms with E-state index in [1.54, 1.807) is 6.92 Å². The molecule has 3 atom stereocenters. The molecule has 0 aromatic heterocycles. The molecular weight excluding hydrogens is 544 g/mol. The largest absolute Gasteiger partial charge is 0.515 e. The van der Waals surface area contributed by atoms with Gasteiger partial charge >= 0.3 is 5.97 Å². The molecule has 9 nitrogen and oxygen atoms in total. The van der Waals surface area contributed by atoms with Crippen LogP contribution in [0.4, 0.5) is 0 Å². The first kappa shape index (κ1) is 28.7. The van der Waals surface area contributed by atoms with E-state index < -0.39 is 6.10 Å². The molecule has 0 spiro atoms. The lowest BCUT2D eigenvalue weighted by atomic mass is 9.86. The first-order valence-corrected chi connectivity index (χ1v) is 14.8. The van der Waals surface area contributed by atoms with Gasteiger partial charge in [-0.05, 0) is 68.6 Å². The first-order chi connectivity index (χ1) is 20.6. The normalized spacial score (nSPS) is 26.1. The number of fused-ring (bicyclic) bond motifs is 5. The van der Waals surface area contributed by atoms with Gasteiger partial charge in [-0.15, -0.1) is 0 Å². The van der Waals surface area contributed by atoms with E-state index in [-0.39, 0.29) is 36.4 Å². The van der Waals surface area contributed by atoms with Gasteiger partial charge in [0.05, 0.1) is 53.7 Å². The molecule has 0 unspecified atom stereocenters. The molecule has 43 heavy (non-hydrogen) atoms. The summed E-state index contributed by atoms with van der Waals surface area (Å²) in [6.07, 6.45) is 7.62. The van der Waals surface area contributed by atoms with Gasteiger partial charge in [0, 0.05) is 58.4 Å². The molecule has 9 heteroatoms. The maximum atomic E-state index is 13.4. The van der Waals surface area contributed by atoms with E-state index in [2.05, 4.69) is 12.2 Å². The van der Waals surface area contributed by atoms with Gasteiger partial charge in [0.15, 0.2) is 5.78 Å². The van der Waals surface area contributed by atoms with Crippen molar-refractivity contribution >= 4 is 28.9 Å². The lowest BCUT2D eigenvalue weighted by Crippen LogP contribution is -2.15. The number of hydrogen-bond donors (Lipinski definition) is 3. The molecule has 2 fully saturated rings. The number of esters is 1. The number of carbonyl (C=O) groups is 2. The Balaban J connectivity index is 1.62. The number of aliphatic imine (C=N–C) groups is 3. The number of carbonyl (C=O) groups excluding carboxylic acids is 2. The molecule has 0 aromatic carbocycles. The van der Waals surface area contributed by atoms with Gasteiger partial charge in [0.2, 0.25) is 0 Å². The van der Waals surface area contributed by atoms with E-state index in [9.17, 15) is 19.8 Å². The standard InChI is InChI=1S/C34H36N4O5/c1-7-19-22(14-39)27-13-28-31(18(5)40)16(3)24(35-28)11-23-15(2)20(8-9-30(42)43-6)33(37-23)21-10-29(41)32-17(4)25(38-34(21)32)12-26(19)36-27/h11-15,18,20,37,39-40H,7-10H2,1-6H3/b22-14+,23-11?,25-12?,28-13?,33-21?/t15-,18-,20-/m0/s1. The number of aliphatic hydroxyl groups excluding tert-OH is 2. The van der Waals surface area contributed by atoms with Crippen molar-refractivity contribution in [1.82, 2.24) is 5.32 Å². The fraction of sp³-hybridized carbons (Fsp3) is 0.382. The van der Waals surface area contributed by atoms with Gasteiger partial charge in [0.1, 0.15) is 0 Å². The Morgan fingerprint density at radius 3 is 2.58 bits per heavy atom. The molecule has 0 aromatic rings. The van der Waals surface area contributed by atoms with Crippen LogP contribution in [0.15, 0.2) is 107 Å². The zero-order valence-electron chi connectivity index (χ0n) is 25.3. The highest BCUT2D eigenvalue weighted by atomic mass is 16.5. The van der Waals surface area contributed by atoms with Crippen molar-refractivity contribution in [2.24, 2.45) is 26.8 Å². The summed E-state index contributed by atoms with van der Waals surface area (Å²) in [5.41, 5.74) is 10.9. The van der Waals surface area contributed by atoms with Gasteiger partial charge in [0.25, 0.3) is 0 Å². The van der Waals surface area contributed by atoms with E-state index >= 15 is 0 Å². The van der Waals surface area contributed by atoms with Crippen molar-refractivity contribution in [2.75, 3.05) is 7.11 Å². The Kier molecular flexibility index (Phi) is 7.16. The molecule has 1 saturated carbocycles. The van der Waals surface area contributed by atoms with Crippen LogP contribution >= 0.6 is 0 Å². The number of rotatable bonds is 5. The number of ether oxygens (including phenoxy) is 1. The third-order valence-corrected chi connectivity index (χ3v) is 9.28. The summed E-state index contributed by atoms with van der Waals surface area (Å²) in [4.78, 5) is 40.4. The minimum Gasteiger partial charge on any atom is -0.515 e. The number of Topliss-reactive ketones (excluding diaryl/α,β-unsaturated/α-hetero) is 1. The van der Waals surface area contributed by atoms with Crippen LogP contribution in [0.5, 0.6) is 0 Å². The minimum absolute atomic E-state index is 0.0100. The fourth-order valence-corrected chi connectivity index (χ4v) is 6.97. The predicted octanol–water partition coefficient (Wildman–Crippen LogP) is 5.17. The van der Waals surface area contributed by atoms with Crippen LogP contribution in [0.2, 0.25) is 0 Å². The van der Waals surface area contributed by atoms with Gasteiger partial charge < -0.3 is 20.3 Å². The lowest BCUT2D eigenvalue weighted by molar-refractivity contribution is -0.140. The van der Waals surface area contributed by atoms with Crippen LogP contribution < -0.4 is 5.32 Å². The minimum atomic E-state index is -0.780. The summed E-state index contributed by atoms with van der Waals surface area (Å²) in [5.74, 6) is -0.335. The molecule has 1 saturated heterocycles. The van der Waals surface area contributed by atoms with E-state index in [0.29, 0.717) is 63.8 Å². The maximum absolute atomic E-state index is 13.4. The van der Waals surface area contributed by atoms with Crippen molar-refractivity contribution in [3.05, 3.63) is 92.0 Å². The summed E-state index contributed by atoms with van der Waals surface area (Å²) >= 11 is 0. The lowest BCUT2D eigenvalue weighted by Gasteiger charge is -2.17. The average Bonchev–Trinajstić information content (AvgIpc) is 3.73. The molecule has 1 aliphatic carbocycles. The van der Waals surface area contributed by atoms with Crippen molar-refractivity contribution in [3.8, 4) is 0 Å². The second kappa shape index (κ2) is 10.7. The van der Waals surface area contributed by atoms with Crippen LogP contribution in [0.25, 0.3) is 0 Å². The second-order valence-corrected chi connectivity index (χ2v) is 11.7. The van der Waals surface area contributed by atoms with E-state index in [1.807, 2.05) is 39.0 Å². The average molecular weight is 581 g/mol. The molecule has 8 bridgehead atoms. The van der Waals surface area contributed by atoms with Crippen molar-refractivity contribution in [2.45, 2.75) is 66.4 Å².